The summed E-state index contributed by atoms with van der Waals surface area (Å²) in [6.07, 6.45) is -4.23. The first-order valence-corrected chi connectivity index (χ1v) is 7.24. The topological polar surface area (TPSA) is 67.6 Å². The standard InChI is InChI=1S/C14H20F3N3O3/c1-9-7-20(8-10(2)23-9)11(21)6-13(22,14(15,16)17)12-18-4-5-19(12)3/h4-5,9-10,22H,6-8H2,1-3H3. The maximum atomic E-state index is 13.4. The fraction of sp³-hybridized carbons (Fsp3) is 0.714. The van der Waals surface area contributed by atoms with E-state index >= 15 is 0 Å². The maximum Gasteiger partial charge on any atom is 0.425 e. The number of aliphatic hydroxyl groups is 1. The molecule has 0 spiro atoms. The molecule has 3 unspecified atom stereocenters. The summed E-state index contributed by atoms with van der Waals surface area (Å²) in [7, 11) is 1.34. The predicted molar refractivity (Wildman–Crippen MR) is 74.4 cm³/mol. The highest BCUT2D eigenvalue weighted by molar-refractivity contribution is 5.77. The van der Waals surface area contributed by atoms with Crippen molar-refractivity contribution in [2.45, 2.75) is 44.3 Å². The number of morpholine rings is 1. The van der Waals surface area contributed by atoms with Crippen molar-refractivity contribution in [3.05, 3.63) is 18.2 Å². The van der Waals surface area contributed by atoms with Crippen LogP contribution in [0.2, 0.25) is 0 Å². The average molecular weight is 335 g/mol. The number of halogens is 3. The first-order chi connectivity index (χ1) is 10.5. The molecule has 6 nitrogen and oxygen atoms in total. The lowest BCUT2D eigenvalue weighted by molar-refractivity contribution is -0.272. The van der Waals surface area contributed by atoms with Gasteiger partial charge in [0.25, 0.3) is 0 Å². The molecule has 9 heteroatoms. The highest BCUT2D eigenvalue weighted by Gasteiger charge is 2.59. The lowest BCUT2D eigenvalue weighted by atomic mass is 9.96. The fourth-order valence-electron chi connectivity index (χ4n) is 2.78. The van der Waals surface area contributed by atoms with Gasteiger partial charge in [-0.2, -0.15) is 13.2 Å². The van der Waals surface area contributed by atoms with Crippen molar-refractivity contribution < 1.29 is 27.8 Å². The van der Waals surface area contributed by atoms with E-state index in [0.717, 1.165) is 10.8 Å². The summed E-state index contributed by atoms with van der Waals surface area (Å²) in [5.74, 6) is -1.39. The molecule has 1 aliphatic rings. The number of nitrogens with zero attached hydrogens (tertiary/aromatic N) is 3. The van der Waals surface area contributed by atoms with Gasteiger partial charge < -0.3 is 19.3 Å². The Hall–Kier alpha value is -1.61. The minimum Gasteiger partial charge on any atom is -0.374 e. The summed E-state index contributed by atoms with van der Waals surface area (Å²) < 4.78 is 46.8. The van der Waals surface area contributed by atoms with E-state index in [1.54, 1.807) is 13.8 Å². The van der Waals surface area contributed by atoms with Crippen LogP contribution in [0.25, 0.3) is 0 Å². The van der Waals surface area contributed by atoms with E-state index in [-0.39, 0.29) is 25.3 Å². The van der Waals surface area contributed by atoms with Crippen molar-refractivity contribution in [2.75, 3.05) is 13.1 Å². The molecule has 0 saturated carbocycles. The van der Waals surface area contributed by atoms with Crippen molar-refractivity contribution >= 4 is 5.91 Å². The number of hydrogen-bond acceptors (Lipinski definition) is 4. The Morgan fingerprint density at radius 1 is 1.39 bits per heavy atom. The highest BCUT2D eigenvalue weighted by atomic mass is 19.4. The number of imidazole rings is 1. The summed E-state index contributed by atoms with van der Waals surface area (Å²) in [6, 6.07) is 0. The molecule has 1 saturated heterocycles. The van der Waals surface area contributed by atoms with Crippen LogP contribution >= 0.6 is 0 Å². The SMILES string of the molecule is CC1CN(C(=O)CC(O)(c2nccn2C)C(F)(F)F)CC(C)O1. The van der Waals surface area contributed by atoms with Crippen molar-refractivity contribution in [1.82, 2.24) is 14.5 Å². The number of carbonyl (C=O) groups excluding carboxylic acids is 1. The Kier molecular flexibility index (Phi) is 4.72. The number of aromatic nitrogens is 2. The molecule has 130 valence electrons. The van der Waals surface area contributed by atoms with E-state index in [9.17, 15) is 23.1 Å². The number of carbonyl (C=O) groups is 1. The molecule has 23 heavy (non-hydrogen) atoms. The zero-order valence-corrected chi connectivity index (χ0v) is 13.2. The van der Waals surface area contributed by atoms with Crippen molar-refractivity contribution in [1.29, 1.82) is 0 Å². The van der Waals surface area contributed by atoms with Crippen LogP contribution in [0.15, 0.2) is 12.4 Å². The molecule has 3 atom stereocenters. The summed E-state index contributed by atoms with van der Waals surface area (Å²) in [5, 5.41) is 10.2. The lowest BCUT2D eigenvalue weighted by Gasteiger charge is -2.37. The van der Waals surface area contributed by atoms with Crippen molar-refractivity contribution in [3.8, 4) is 0 Å². The van der Waals surface area contributed by atoms with Crippen molar-refractivity contribution in [3.63, 3.8) is 0 Å². The predicted octanol–water partition coefficient (Wildman–Crippen LogP) is 1.20. The van der Waals surface area contributed by atoms with Gasteiger partial charge >= 0.3 is 6.18 Å². The molecule has 0 bridgehead atoms. The number of amides is 1. The van der Waals surface area contributed by atoms with Crippen LogP contribution in [-0.4, -0.2) is 56.9 Å². The molecule has 1 fully saturated rings. The zero-order chi connectivity index (χ0) is 17.4. The Balaban J connectivity index is 2.25. The molecule has 2 heterocycles. The van der Waals surface area contributed by atoms with Gasteiger partial charge in [-0.1, -0.05) is 0 Å². The molecule has 1 aliphatic heterocycles. The number of hydrogen-bond donors (Lipinski definition) is 1. The van der Waals surface area contributed by atoms with Gasteiger partial charge in [0.1, 0.15) is 0 Å². The van der Waals surface area contributed by atoms with Gasteiger partial charge in [0.2, 0.25) is 11.5 Å². The first-order valence-electron chi connectivity index (χ1n) is 7.24. The van der Waals surface area contributed by atoms with Gasteiger partial charge in [0, 0.05) is 32.5 Å². The highest BCUT2D eigenvalue weighted by Crippen LogP contribution is 2.41. The van der Waals surface area contributed by atoms with Crippen LogP contribution in [0, 0.1) is 0 Å². The average Bonchev–Trinajstić information content (AvgIpc) is 2.82. The number of aryl methyl sites for hydroxylation is 1. The van der Waals surface area contributed by atoms with Crippen LogP contribution in [0.3, 0.4) is 0 Å². The van der Waals surface area contributed by atoms with Gasteiger partial charge in [-0.3, -0.25) is 4.79 Å². The van der Waals surface area contributed by atoms with Gasteiger partial charge in [0.15, 0.2) is 5.82 Å². The maximum absolute atomic E-state index is 13.4. The molecule has 0 aromatic carbocycles. The van der Waals surface area contributed by atoms with E-state index in [0.29, 0.717) is 0 Å². The van der Waals surface area contributed by atoms with E-state index in [4.69, 9.17) is 4.74 Å². The largest absolute Gasteiger partial charge is 0.425 e. The van der Waals surface area contributed by atoms with Gasteiger partial charge in [0.05, 0.1) is 18.6 Å². The monoisotopic (exact) mass is 335 g/mol. The van der Waals surface area contributed by atoms with Gasteiger partial charge in [-0.15, -0.1) is 0 Å². The van der Waals surface area contributed by atoms with E-state index < -0.39 is 29.9 Å². The van der Waals surface area contributed by atoms with Gasteiger partial charge in [-0.25, -0.2) is 4.98 Å². The van der Waals surface area contributed by atoms with E-state index in [1.165, 1.54) is 18.1 Å². The second kappa shape index (κ2) is 6.12. The molecule has 1 N–H and O–H groups in total. The summed E-state index contributed by atoms with van der Waals surface area (Å²) >= 11 is 0. The van der Waals surface area contributed by atoms with E-state index in [2.05, 4.69) is 4.98 Å². The molecule has 0 aliphatic carbocycles. The molecular weight excluding hydrogens is 315 g/mol. The van der Waals surface area contributed by atoms with Crippen molar-refractivity contribution in [2.24, 2.45) is 7.05 Å². The smallest absolute Gasteiger partial charge is 0.374 e. The third-order valence-electron chi connectivity index (χ3n) is 3.84. The minimum absolute atomic E-state index is 0.192. The molecular formula is C14H20F3N3O3. The minimum atomic E-state index is -5.02. The van der Waals surface area contributed by atoms with Crippen LogP contribution in [0.1, 0.15) is 26.1 Å². The normalized spacial score (nSPS) is 25.3. The first kappa shape index (κ1) is 17.7. The molecule has 1 aromatic heterocycles. The Morgan fingerprint density at radius 2 is 1.96 bits per heavy atom. The van der Waals surface area contributed by atoms with Gasteiger partial charge in [-0.05, 0) is 13.8 Å². The Bertz CT molecular complexity index is 565. The second-order valence-corrected chi connectivity index (χ2v) is 5.95. The third kappa shape index (κ3) is 3.50. The number of alkyl halides is 3. The van der Waals surface area contributed by atoms with Crippen LogP contribution in [0.5, 0.6) is 0 Å². The Labute approximate surface area is 131 Å². The fourth-order valence-corrected chi connectivity index (χ4v) is 2.78. The van der Waals surface area contributed by atoms with Crippen LogP contribution < -0.4 is 0 Å². The summed E-state index contributed by atoms with van der Waals surface area (Å²) in [4.78, 5) is 17.2. The lowest BCUT2D eigenvalue weighted by Crippen LogP contribution is -2.52. The van der Waals surface area contributed by atoms with E-state index in [1.807, 2.05) is 0 Å². The third-order valence-corrected chi connectivity index (χ3v) is 3.84. The molecule has 1 aromatic rings. The summed E-state index contributed by atoms with van der Waals surface area (Å²) in [5.41, 5.74) is -3.33. The van der Waals surface area contributed by atoms with Crippen LogP contribution in [-0.2, 0) is 22.2 Å². The zero-order valence-electron chi connectivity index (χ0n) is 13.2. The molecule has 2 rings (SSSR count). The Morgan fingerprint density at radius 3 is 2.39 bits per heavy atom. The number of ether oxygens (including phenoxy) is 1. The molecule has 0 radical (unpaired) electrons. The molecule has 1 amide bonds. The quantitative estimate of drug-likeness (QED) is 0.901. The van der Waals surface area contributed by atoms with Crippen LogP contribution in [0.4, 0.5) is 13.2 Å². The number of rotatable bonds is 3. The summed E-state index contributed by atoms with van der Waals surface area (Å²) in [6.45, 7) is 3.87. The second-order valence-electron chi connectivity index (χ2n) is 5.95.